The number of allylic oxidation sites excluding steroid dienone is 1. The number of methoxy groups -OCH3 is 2. The largest absolute Gasteiger partial charge is 0.496 e. The van der Waals surface area contributed by atoms with Crippen LogP contribution in [0.25, 0.3) is 6.08 Å². The summed E-state index contributed by atoms with van der Waals surface area (Å²) in [6.07, 6.45) is 4.08. The first-order valence-electron chi connectivity index (χ1n) is 9.28. The van der Waals surface area contributed by atoms with Gasteiger partial charge in [0.2, 0.25) is 5.91 Å². The third-order valence-electron chi connectivity index (χ3n) is 4.59. The number of thioether (sulfide) groups is 1. The van der Waals surface area contributed by atoms with Gasteiger partial charge in [0.1, 0.15) is 12.4 Å². The van der Waals surface area contributed by atoms with E-state index in [1.807, 2.05) is 36.4 Å². The van der Waals surface area contributed by atoms with Crippen molar-refractivity contribution in [2.75, 3.05) is 33.2 Å². The van der Waals surface area contributed by atoms with Crippen molar-refractivity contribution in [1.29, 1.82) is 0 Å². The maximum absolute atomic E-state index is 12.8. The van der Waals surface area contributed by atoms with Crippen LogP contribution in [0.1, 0.15) is 18.9 Å². The first-order chi connectivity index (χ1) is 14.1. The predicted octanol–water partition coefficient (Wildman–Crippen LogP) is 2.88. The van der Waals surface area contributed by atoms with Crippen LogP contribution in [0.4, 0.5) is 0 Å². The van der Waals surface area contributed by atoms with Crippen LogP contribution in [0, 0.1) is 0 Å². The summed E-state index contributed by atoms with van der Waals surface area (Å²) in [6.45, 7) is 2.20. The van der Waals surface area contributed by atoms with Crippen molar-refractivity contribution >= 4 is 34.9 Å². The van der Waals surface area contributed by atoms with Gasteiger partial charge < -0.3 is 14.2 Å². The van der Waals surface area contributed by atoms with E-state index in [4.69, 9.17) is 14.2 Å². The monoisotopic (exact) mass is 416 g/mol. The SMILES string of the molecule is COCCOC(=O)C1=C(C)N=C2SCCC(=O)N2[C@H]1/C=C/c1ccccc1OC. The Kier molecular flexibility index (Phi) is 7.11. The molecule has 1 saturated heterocycles. The second-order valence-electron chi connectivity index (χ2n) is 6.43. The van der Waals surface area contributed by atoms with Gasteiger partial charge in [-0.1, -0.05) is 42.1 Å². The average Bonchev–Trinajstić information content (AvgIpc) is 2.72. The zero-order valence-corrected chi connectivity index (χ0v) is 17.5. The molecule has 0 N–H and O–H groups in total. The number of para-hydroxylation sites is 1. The molecule has 2 aliphatic rings. The van der Waals surface area contributed by atoms with Crippen molar-refractivity contribution in [1.82, 2.24) is 4.90 Å². The Labute approximate surface area is 174 Å². The first-order valence-corrected chi connectivity index (χ1v) is 10.3. The van der Waals surface area contributed by atoms with E-state index < -0.39 is 12.0 Å². The molecule has 2 aliphatic heterocycles. The summed E-state index contributed by atoms with van der Waals surface area (Å²) in [5, 5.41) is 0.613. The number of esters is 1. The first kappa shape index (κ1) is 21.1. The molecule has 2 heterocycles. The lowest BCUT2D eigenvalue weighted by Crippen LogP contribution is -2.49. The molecule has 29 heavy (non-hydrogen) atoms. The highest BCUT2D eigenvalue weighted by atomic mass is 32.2. The summed E-state index contributed by atoms with van der Waals surface area (Å²) in [6, 6.07) is 6.96. The molecule has 1 aromatic rings. The lowest BCUT2D eigenvalue weighted by atomic mass is 10.00. The third-order valence-corrected chi connectivity index (χ3v) is 5.54. The molecule has 0 saturated carbocycles. The van der Waals surface area contributed by atoms with Gasteiger partial charge in [-0.15, -0.1) is 0 Å². The van der Waals surface area contributed by atoms with E-state index in [1.54, 1.807) is 18.9 Å². The van der Waals surface area contributed by atoms with Crippen LogP contribution in [0.5, 0.6) is 5.75 Å². The number of hydrogen-bond donors (Lipinski definition) is 0. The molecule has 0 bridgehead atoms. The molecule has 1 fully saturated rings. The fraction of sp³-hybridized carbons (Fsp3) is 0.381. The Morgan fingerprint density at radius 2 is 2.10 bits per heavy atom. The summed E-state index contributed by atoms with van der Waals surface area (Å²) in [5.41, 5.74) is 1.75. The van der Waals surface area contributed by atoms with E-state index in [-0.39, 0.29) is 12.5 Å². The third kappa shape index (κ3) is 4.71. The van der Waals surface area contributed by atoms with Crippen LogP contribution in [0.15, 0.2) is 46.6 Å². The molecule has 0 aromatic heterocycles. The summed E-state index contributed by atoms with van der Waals surface area (Å²) >= 11 is 1.51. The van der Waals surface area contributed by atoms with Gasteiger partial charge >= 0.3 is 5.97 Å². The molecule has 1 amide bonds. The van der Waals surface area contributed by atoms with Crippen LogP contribution >= 0.6 is 11.8 Å². The van der Waals surface area contributed by atoms with Gasteiger partial charge in [0, 0.05) is 24.8 Å². The van der Waals surface area contributed by atoms with Gasteiger partial charge in [-0.2, -0.15) is 0 Å². The topological polar surface area (TPSA) is 77.4 Å². The molecule has 0 unspecified atom stereocenters. The summed E-state index contributed by atoms with van der Waals surface area (Å²) < 4.78 is 15.7. The van der Waals surface area contributed by atoms with Crippen molar-refractivity contribution in [3.8, 4) is 5.75 Å². The molecular weight excluding hydrogens is 392 g/mol. The van der Waals surface area contributed by atoms with E-state index in [0.29, 0.717) is 41.0 Å². The molecule has 8 heteroatoms. The maximum Gasteiger partial charge on any atom is 0.338 e. The van der Waals surface area contributed by atoms with Crippen LogP contribution in [-0.4, -0.2) is 61.2 Å². The van der Waals surface area contributed by atoms with Crippen LogP contribution < -0.4 is 4.74 Å². The molecule has 154 valence electrons. The van der Waals surface area contributed by atoms with Crippen molar-refractivity contribution in [2.45, 2.75) is 19.4 Å². The number of carbonyl (C=O) groups excluding carboxylic acids is 2. The minimum absolute atomic E-state index is 0.0631. The van der Waals surface area contributed by atoms with Crippen molar-refractivity contribution in [3.05, 3.63) is 47.2 Å². The molecule has 0 radical (unpaired) electrons. The highest BCUT2D eigenvalue weighted by molar-refractivity contribution is 8.14. The Hall–Kier alpha value is -2.58. The summed E-state index contributed by atoms with van der Waals surface area (Å²) in [5.74, 6) is 0.822. The number of aliphatic imine (C=N–C) groups is 1. The second kappa shape index (κ2) is 9.76. The highest BCUT2D eigenvalue weighted by Gasteiger charge is 2.39. The zero-order valence-electron chi connectivity index (χ0n) is 16.7. The second-order valence-corrected chi connectivity index (χ2v) is 7.49. The van der Waals surface area contributed by atoms with Gasteiger partial charge in [-0.05, 0) is 13.0 Å². The summed E-state index contributed by atoms with van der Waals surface area (Å²) in [7, 11) is 3.14. The number of ether oxygens (including phenoxy) is 3. The number of rotatable bonds is 7. The van der Waals surface area contributed by atoms with Gasteiger partial charge in [0.05, 0.1) is 31.0 Å². The quantitative estimate of drug-likeness (QED) is 0.502. The minimum atomic E-state index is -0.595. The molecule has 3 rings (SSSR count). The van der Waals surface area contributed by atoms with E-state index in [2.05, 4.69) is 4.99 Å². The van der Waals surface area contributed by atoms with Crippen molar-refractivity contribution in [2.24, 2.45) is 4.99 Å². The lowest BCUT2D eigenvalue weighted by molar-refractivity contribution is -0.141. The fourth-order valence-corrected chi connectivity index (χ4v) is 4.19. The number of hydrogen-bond acceptors (Lipinski definition) is 7. The predicted molar refractivity (Wildman–Crippen MR) is 113 cm³/mol. The van der Waals surface area contributed by atoms with Crippen molar-refractivity contribution < 1.29 is 23.8 Å². The number of amidine groups is 1. The van der Waals surface area contributed by atoms with E-state index in [1.165, 1.54) is 18.9 Å². The number of nitrogens with zero attached hydrogens (tertiary/aromatic N) is 2. The van der Waals surface area contributed by atoms with E-state index >= 15 is 0 Å². The maximum atomic E-state index is 12.8. The molecular formula is C21H24N2O5S. The minimum Gasteiger partial charge on any atom is -0.496 e. The normalized spacial score (nSPS) is 19.3. The molecule has 0 spiro atoms. The lowest BCUT2D eigenvalue weighted by Gasteiger charge is -2.37. The Bertz CT molecular complexity index is 878. The van der Waals surface area contributed by atoms with Gasteiger partial charge in [-0.3, -0.25) is 9.69 Å². The van der Waals surface area contributed by atoms with Crippen LogP contribution in [-0.2, 0) is 19.1 Å². The number of amides is 1. The smallest absolute Gasteiger partial charge is 0.338 e. The van der Waals surface area contributed by atoms with Gasteiger partial charge in [0.15, 0.2) is 5.17 Å². The molecule has 7 nitrogen and oxygen atoms in total. The van der Waals surface area contributed by atoms with E-state index in [9.17, 15) is 9.59 Å². The molecule has 1 atom stereocenters. The van der Waals surface area contributed by atoms with Crippen LogP contribution in [0.3, 0.4) is 0 Å². The number of carbonyl (C=O) groups is 2. The van der Waals surface area contributed by atoms with Crippen LogP contribution in [0.2, 0.25) is 0 Å². The van der Waals surface area contributed by atoms with E-state index in [0.717, 1.165) is 5.56 Å². The number of fused-ring (bicyclic) bond motifs is 1. The summed E-state index contributed by atoms with van der Waals surface area (Å²) in [4.78, 5) is 31.6. The standard InChI is InChI=1S/C21H24N2O5S/c1-14-19(20(25)28-12-11-26-2)16(23-18(24)10-13-29-21(23)22-14)9-8-15-6-4-5-7-17(15)27-3/h4-9,16H,10-13H2,1-3H3/b9-8+/t16-/m0/s1. The highest BCUT2D eigenvalue weighted by Crippen LogP contribution is 2.33. The average molecular weight is 416 g/mol. The zero-order chi connectivity index (χ0) is 20.8. The van der Waals surface area contributed by atoms with Gasteiger partial charge in [0.25, 0.3) is 0 Å². The Morgan fingerprint density at radius 3 is 2.86 bits per heavy atom. The Morgan fingerprint density at radius 1 is 1.31 bits per heavy atom. The Balaban J connectivity index is 1.98. The molecule has 0 aliphatic carbocycles. The van der Waals surface area contributed by atoms with Crippen molar-refractivity contribution in [3.63, 3.8) is 0 Å². The molecule has 1 aromatic carbocycles. The van der Waals surface area contributed by atoms with Gasteiger partial charge in [-0.25, -0.2) is 9.79 Å². The number of benzene rings is 1. The fourth-order valence-electron chi connectivity index (χ4n) is 3.18.